The summed E-state index contributed by atoms with van der Waals surface area (Å²) in [6, 6.07) is 15.7. The lowest BCUT2D eigenvalue weighted by atomic mass is 10.2. The van der Waals surface area contributed by atoms with Crippen molar-refractivity contribution in [2.75, 3.05) is 7.05 Å². The van der Waals surface area contributed by atoms with Crippen LogP contribution in [-0.2, 0) is 13.0 Å². The summed E-state index contributed by atoms with van der Waals surface area (Å²) in [5.74, 6) is -0.0384. The summed E-state index contributed by atoms with van der Waals surface area (Å²) >= 11 is 0. The lowest BCUT2D eigenvalue weighted by molar-refractivity contribution is 0.0783. The highest BCUT2D eigenvalue weighted by atomic mass is 16.2. The molecule has 0 unspecified atom stereocenters. The first-order valence-electron chi connectivity index (χ1n) is 9.47. The Labute approximate surface area is 163 Å². The largest absolute Gasteiger partial charge is 0.336 e. The van der Waals surface area contributed by atoms with Gasteiger partial charge in [0.25, 0.3) is 5.91 Å². The van der Waals surface area contributed by atoms with Crippen LogP contribution in [0, 0.1) is 0 Å². The Hall–Kier alpha value is -3.41. The van der Waals surface area contributed by atoms with Crippen molar-refractivity contribution in [3.63, 3.8) is 0 Å². The maximum absolute atomic E-state index is 12.9. The zero-order chi connectivity index (χ0) is 19.5. The molecule has 0 radical (unpaired) electrons. The molecule has 0 spiro atoms. The van der Waals surface area contributed by atoms with Gasteiger partial charge in [-0.2, -0.15) is 5.10 Å². The fraction of sp³-hybridized carbons (Fsp3) is 0.227. The van der Waals surface area contributed by atoms with E-state index in [9.17, 15) is 4.79 Å². The van der Waals surface area contributed by atoms with Gasteiger partial charge in [0.15, 0.2) is 0 Å². The molecule has 0 saturated carbocycles. The first-order valence-corrected chi connectivity index (χ1v) is 9.47. The molecular weight excluding hydrogens is 350 g/mol. The monoisotopic (exact) mass is 373 g/mol. The van der Waals surface area contributed by atoms with Gasteiger partial charge >= 0.3 is 0 Å². The fourth-order valence-electron chi connectivity index (χ4n) is 3.29. The average Bonchev–Trinajstić information content (AvgIpc) is 3.34. The Bertz CT molecular complexity index is 1100. The van der Waals surface area contributed by atoms with Crippen LogP contribution in [0.15, 0.2) is 60.9 Å². The van der Waals surface area contributed by atoms with Crippen molar-refractivity contribution in [1.82, 2.24) is 24.5 Å². The molecule has 28 heavy (non-hydrogen) atoms. The van der Waals surface area contributed by atoms with Crippen molar-refractivity contribution in [2.24, 2.45) is 0 Å². The molecule has 0 aliphatic carbocycles. The van der Waals surface area contributed by atoms with Crippen LogP contribution in [-0.4, -0.2) is 37.4 Å². The topological polar surface area (TPSA) is 66.3 Å². The summed E-state index contributed by atoms with van der Waals surface area (Å²) in [5, 5.41) is 7.31. The maximum atomic E-state index is 12.9. The van der Waals surface area contributed by atoms with E-state index in [2.05, 4.69) is 22.1 Å². The maximum Gasteiger partial charge on any atom is 0.255 e. The molecule has 6 heteroatoms. The molecule has 4 aromatic rings. The van der Waals surface area contributed by atoms with Crippen molar-refractivity contribution in [1.29, 1.82) is 0 Å². The molecule has 3 heterocycles. The number of imidazole rings is 1. The molecule has 0 fully saturated rings. The fourth-order valence-corrected chi connectivity index (χ4v) is 3.29. The van der Waals surface area contributed by atoms with Gasteiger partial charge in [0.05, 0.1) is 29.2 Å². The van der Waals surface area contributed by atoms with Crippen molar-refractivity contribution in [3.05, 3.63) is 77.9 Å². The molecule has 142 valence electrons. The van der Waals surface area contributed by atoms with Crippen LogP contribution in [0.5, 0.6) is 0 Å². The van der Waals surface area contributed by atoms with E-state index >= 15 is 0 Å². The molecule has 6 nitrogen and oxygen atoms in total. The zero-order valence-corrected chi connectivity index (χ0v) is 16.1. The summed E-state index contributed by atoms with van der Waals surface area (Å²) in [6.45, 7) is 2.62. The predicted molar refractivity (Wildman–Crippen MR) is 109 cm³/mol. The van der Waals surface area contributed by atoms with Crippen LogP contribution in [0.3, 0.4) is 0 Å². The van der Waals surface area contributed by atoms with Crippen molar-refractivity contribution in [2.45, 2.75) is 26.3 Å². The van der Waals surface area contributed by atoms with Crippen LogP contribution in [0.1, 0.15) is 35.1 Å². The van der Waals surface area contributed by atoms with E-state index < -0.39 is 0 Å². The van der Waals surface area contributed by atoms with Crippen molar-refractivity contribution < 1.29 is 4.79 Å². The number of aromatic nitrogens is 4. The number of carbonyl (C=O) groups excluding carboxylic acids is 1. The highest BCUT2D eigenvalue weighted by Crippen LogP contribution is 2.19. The number of nitrogens with zero attached hydrogens (tertiary/aromatic N) is 4. The minimum Gasteiger partial charge on any atom is -0.336 e. The van der Waals surface area contributed by atoms with Gasteiger partial charge in [-0.1, -0.05) is 43.7 Å². The van der Waals surface area contributed by atoms with E-state index in [4.69, 9.17) is 0 Å². The smallest absolute Gasteiger partial charge is 0.255 e. The van der Waals surface area contributed by atoms with Crippen LogP contribution in [0.25, 0.3) is 16.9 Å². The van der Waals surface area contributed by atoms with Crippen LogP contribution in [0.2, 0.25) is 0 Å². The second-order valence-corrected chi connectivity index (χ2v) is 6.97. The molecular formula is C22H23N5O. The number of pyridine rings is 1. The van der Waals surface area contributed by atoms with E-state index in [0.29, 0.717) is 12.1 Å². The molecule has 1 amide bonds. The summed E-state index contributed by atoms with van der Waals surface area (Å²) in [4.78, 5) is 19.2. The third-order valence-corrected chi connectivity index (χ3v) is 4.71. The highest BCUT2D eigenvalue weighted by molar-refractivity contribution is 5.94. The first kappa shape index (κ1) is 18.0. The van der Waals surface area contributed by atoms with Gasteiger partial charge in [0.1, 0.15) is 5.65 Å². The van der Waals surface area contributed by atoms with Gasteiger partial charge in [-0.15, -0.1) is 0 Å². The summed E-state index contributed by atoms with van der Waals surface area (Å²) < 4.78 is 1.90. The Morgan fingerprint density at radius 3 is 2.75 bits per heavy atom. The minimum atomic E-state index is -0.0384. The van der Waals surface area contributed by atoms with Gasteiger partial charge in [-0.25, -0.2) is 4.98 Å². The molecule has 1 aromatic carbocycles. The number of hydrogen-bond acceptors (Lipinski definition) is 3. The van der Waals surface area contributed by atoms with Gasteiger partial charge in [0.2, 0.25) is 0 Å². The SMILES string of the molecule is CCCc1cc(CN(C)C(=O)c2ccc3nc(-c4ccccc4)cn3c2)[nH]n1. The number of aromatic amines is 1. The Balaban J connectivity index is 1.53. The Kier molecular flexibility index (Phi) is 4.93. The molecule has 0 aliphatic heterocycles. The summed E-state index contributed by atoms with van der Waals surface area (Å²) in [7, 11) is 1.80. The molecule has 4 rings (SSSR count). The Morgan fingerprint density at radius 2 is 1.96 bits per heavy atom. The molecule has 0 saturated heterocycles. The number of nitrogens with one attached hydrogen (secondary N) is 1. The molecule has 0 atom stereocenters. The average molecular weight is 373 g/mol. The van der Waals surface area contributed by atoms with Crippen molar-refractivity contribution >= 4 is 11.6 Å². The van der Waals surface area contributed by atoms with E-state index in [1.54, 1.807) is 11.9 Å². The van der Waals surface area contributed by atoms with Gasteiger partial charge in [0, 0.05) is 25.0 Å². The van der Waals surface area contributed by atoms with Gasteiger partial charge < -0.3 is 9.30 Å². The quantitative estimate of drug-likeness (QED) is 0.556. The Morgan fingerprint density at radius 1 is 1.14 bits per heavy atom. The zero-order valence-electron chi connectivity index (χ0n) is 16.1. The normalized spacial score (nSPS) is 11.1. The van der Waals surface area contributed by atoms with E-state index in [-0.39, 0.29) is 5.91 Å². The molecule has 3 aromatic heterocycles. The number of hydrogen-bond donors (Lipinski definition) is 1. The van der Waals surface area contributed by atoms with E-state index in [0.717, 1.165) is 41.1 Å². The van der Waals surface area contributed by atoms with Gasteiger partial charge in [-0.05, 0) is 24.6 Å². The number of H-pyrrole nitrogens is 1. The number of rotatable bonds is 6. The third-order valence-electron chi connectivity index (χ3n) is 4.71. The predicted octanol–water partition coefficient (Wildman–Crippen LogP) is 3.95. The van der Waals surface area contributed by atoms with Gasteiger partial charge in [-0.3, -0.25) is 9.89 Å². The second-order valence-electron chi connectivity index (χ2n) is 6.97. The molecule has 0 aliphatic rings. The van der Waals surface area contributed by atoms with Crippen molar-refractivity contribution in [3.8, 4) is 11.3 Å². The minimum absolute atomic E-state index is 0.0384. The number of fused-ring (bicyclic) bond motifs is 1. The standard InChI is InChI=1S/C22H23N5O/c1-3-7-18-12-19(25-24-18)14-26(2)22(28)17-10-11-21-23-20(15-27(21)13-17)16-8-5-4-6-9-16/h4-6,8-13,15H,3,7,14H2,1-2H3,(H,24,25). The highest BCUT2D eigenvalue weighted by Gasteiger charge is 2.15. The number of benzene rings is 1. The lowest BCUT2D eigenvalue weighted by Gasteiger charge is -2.16. The van der Waals surface area contributed by atoms with Crippen LogP contribution < -0.4 is 0 Å². The number of amides is 1. The number of carbonyl (C=O) groups is 1. The number of aryl methyl sites for hydroxylation is 1. The third kappa shape index (κ3) is 3.67. The van der Waals surface area contributed by atoms with Crippen LogP contribution in [0.4, 0.5) is 0 Å². The lowest BCUT2D eigenvalue weighted by Crippen LogP contribution is -2.26. The van der Waals surface area contributed by atoms with E-state index in [1.165, 1.54) is 0 Å². The van der Waals surface area contributed by atoms with E-state index in [1.807, 2.05) is 65.3 Å². The second kappa shape index (κ2) is 7.68. The molecule has 0 bridgehead atoms. The van der Waals surface area contributed by atoms with Crippen LogP contribution >= 0.6 is 0 Å². The summed E-state index contributed by atoms with van der Waals surface area (Å²) in [6.07, 6.45) is 5.78. The molecule has 1 N–H and O–H groups in total. The summed E-state index contributed by atoms with van der Waals surface area (Å²) in [5.41, 5.74) is 5.36. The first-order chi connectivity index (χ1) is 13.6.